The van der Waals surface area contributed by atoms with Gasteiger partial charge < -0.3 is 9.84 Å². The van der Waals surface area contributed by atoms with E-state index in [0.29, 0.717) is 25.1 Å². The summed E-state index contributed by atoms with van der Waals surface area (Å²) in [6.07, 6.45) is 2.43. The number of halogens is 1. The van der Waals surface area contributed by atoms with Gasteiger partial charge in [-0.15, -0.1) is 0 Å². The molecule has 0 saturated carbocycles. The highest BCUT2D eigenvalue weighted by Gasteiger charge is 2.27. The van der Waals surface area contributed by atoms with Crippen LogP contribution in [0.4, 0.5) is 4.39 Å². The van der Waals surface area contributed by atoms with Gasteiger partial charge in [-0.3, -0.25) is 9.80 Å². The first kappa shape index (κ1) is 20.5. The van der Waals surface area contributed by atoms with Gasteiger partial charge in [-0.2, -0.15) is 0 Å². The molecule has 0 amide bonds. The second-order valence-electron chi connectivity index (χ2n) is 7.17. The Bertz CT molecular complexity index is 768. The van der Waals surface area contributed by atoms with Crippen LogP contribution in [-0.4, -0.2) is 53.8 Å². The molecule has 0 unspecified atom stereocenters. The second kappa shape index (κ2) is 10.4. The van der Waals surface area contributed by atoms with Crippen molar-refractivity contribution in [2.45, 2.75) is 25.6 Å². The third-order valence-electron chi connectivity index (χ3n) is 5.21. The quantitative estimate of drug-likeness (QED) is 0.672. The van der Waals surface area contributed by atoms with E-state index in [2.05, 4.69) is 22.4 Å². The molecule has 1 saturated heterocycles. The molecule has 0 bridgehead atoms. The molecule has 1 atom stereocenters. The lowest BCUT2D eigenvalue weighted by atomic mass is 10.1. The van der Waals surface area contributed by atoms with Crippen molar-refractivity contribution in [3.63, 3.8) is 0 Å². The molecule has 1 N–H and O–H groups in total. The van der Waals surface area contributed by atoms with Crippen molar-refractivity contribution in [1.29, 1.82) is 0 Å². The zero-order chi connectivity index (χ0) is 19.8. The topological polar surface area (TPSA) is 35.9 Å². The van der Waals surface area contributed by atoms with Crippen LogP contribution in [0.15, 0.2) is 61.2 Å². The van der Waals surface area contributed by atoms with Crippen LogP contribution in [0.5, 0.6) is 5.75 Å². The fourth-order valence-corrected chi connectivity index (χ4v) is 3.74. The number of hydrogen-bond acceptors (Lipinski definition) is 4. The molecule has 0 spiro atoms. The number of ether oxygens (including phenoxy) is 1. The van der Waals surface area contributed by atoms with Crippen LogP contribution in [0.1, 0.15) is 17.5 Å². The summed E-state index contributed by atoms with van der Waals surface area (Å²) in [5, 5.41) is 9.53. The molecule has 1 aliphatic heterocycles. The lowest BCUT2D eigenvalue weighted by Crippen LogP contribution is -2.52. The van der Waals surface area contributed by atoms with Crippen LogP contribution < -0.4 is 4.74 Å². The Morgan fingerprint density at radius 3 is 2.57 bits per heavy atom. The zero-order valence-corrected chi connectivity index (χ0v) is 16.3. The van der Waals surface area contributed by atoms with E-state index in [0.717, 1.165) is 37.5 Å². The van der Waals surface area contributed by atoms with Gasteiger partial charge in [0.2, 0.25) is 0 Å². The number of aliphatic hydroxyl groups excluding tert-OH is 1. The van der Waals surface area contributed by atoms with Gasteiger partial charge in [0.25, 0.3) is 0 Å². The van der Waals surface area contributed by atoms with E-state index >= 15 is 0 Å². The fraction of sp³-hybridized carbons (Fsp3) is 0.391. The third-order valence-corrected chi connectivity index (χ3v) is 5.21. The van der Waals surface area contributed by atoms with Crippen LogP contribution >= 0.6 is 0 Å². The van der Waals surface area contributed by atoms with Gasteiger partial charge in [0.15, 0.2) is 0 Å². The number of hydrogen-bond donors (Lipinski definition) is 1. The normalized spacial score (nSPS) is 18.1. The lowest BCUT2D eigenvalue weighted by molar-refractivity contribution is 0.0489. The van der Waals surface area contributed by atoms with Gasteiger partial charge in [-0.05, 0) is 18.6 Å². The molecule has 2 aromatic rings. The van der Waals surface area contributed by atoms with Crippen molar-refractivity contribution in [3.8, 4) is 5.75 Å². The maximum absolute atomic E-state index is 14.1. The number of aliphatic hydroxyl groups is 1. The number of para-hydroxylation sites is 1. The summed E-state index contributed by atoms with van der Waals surface area (Å²) in [5.74, 6) is 0.718. The van der Waals surface area contributed by atoms with Gasteiger partial charge >= 0.3 is 0 Å². The second-order valence-corrected chi connectivity index (χ2v) is 7.17. The standard InChI is InChI=1S/C23H29FN2O2/c1-2-15-28-23-10-6-4-8-20(23)16-25-12-13-26(21(18-25)11-14-27)17-19-7-3-5-9-22(19)24/h2-10,21,27H,1,11-18H2/t21-/m0/s1. The molecule has 5 heteroatoms. The third kappa shape index (κ3) is 5.41. The maximum Gasteiger partial charge on any atom is 0.127 e. The first-order chi connectivity index (χ1) is 13.7. The molecule has 150 valence electrons. The minimum absolute atomic E-state index is 0.130. The van der Waals surface area contributed by atoms with Crippen molar-refractivity contribution in [1.82, 2.24) is 9.80 Å². The van der Waals surface area contributed by atoms with Gasteiger partial charge in [0, 0.05) is 56.5 Å². The van der Waals surface area contributed by atoms with Crippen LogP contribution in [0.2, 0.25) is 0 Å². The van der Waals surface area contributed by atoms with Crippen molar-refractivity contribution in [2.75, 3.05) is 32.8 Å². The first-order valence-corrected chi connectivity index (χ1v) is 9.83. The Balaban J connectivity index is 1.66. The van der Waals surface area contributed by atoms with Crippen molar-refractivity contribution < 1.29 is 14.2 Å². The molecule has 0 aromatic heterocycles. The SMILES string of the molecule is C=CCOc1ccccc1CN1CCN(Cc2ccccc2F)[C@@H](CCO)C1. The number of piperazine rings is 1. The summed E-state index contributed by atoms with van der Waals surface area (Å²) < 4.78 is 19.8. The number of benzene rings is 2. The van der Waals surface area contributed by atoms with Crippen LogP contribution in [0.3, 0.4) is 0 Å². The van der Waals surface area contributed by atoms with Gasteiger partial charge in [0.05, 0.1) is 0 Å². The van der Waals surface area contributed by atoms with E-state index < -0.39 is 0 Å². The zero-order valence-electron chi connectivity index (χ0n) is 16.3. The molecule has 3 rings (SSSR count). The highest BCUT2D eigenvalue weighted by Crippen LogP contribution is 2.23. The largest absolute Gasteiger partial charge is 0.489 e. The number of rotatable bonds is 9. The van der Waals surface area contributed by atoms with E-state index in [9.17, 15) is 9.50 Å². The maximum atomic E-state index is 14.1. The van der Waals surface area contributed by atoms with Crippen LogP contribution in [0.25, 0.3) is 0 Å². The van der Waals surface area contributed by atoms with Crippen LogP contribution in [0, 0.1) is 5.82 Å². The lowest BCUT2D eigenvalue weighted by Gasteiger charge is -2.41. The fourth-order valence-electron chi connectivity index (χ4n) is 3.74. The van der Waals surface area contributed by atoms with E-state index in [-0.39, 0.29) is 18.5 Å². The molecule has 0 aliphatic carbocycles. The average Bonchev–Trinajstić information content (AvgIpc) is 2.71. The van der Waals surface area contributed by atoms with Gasteiger partial charge in [-0.1, -0.05) is 49.1 Å². The molecule has 1 aliphatic rings. The summed E-state index contributed by atoms with van der Waals surface area (Å²) in [4.78, 5) is 4.67. The van der Waals surface area contributed by atoms with E-state index in [1.54, 1.807) is 12.1 Å². The molecular weight excluding hydrogens is 355 g/mol. The van der Waals surface area contributed by atoms with E-state index in [1.165, 1.54) is 6.07 Å². The van der Waals surface area contributed by atoms with E-state index in [1.807, 2.05) is 30.3 Å². The summed E-state index contributed by atoms with van der Waals surface area (Å²) >= 11 is 0. The molecular formula is C23H29FN2O2. The summed E-state index contributed by atoms with van der Waals surface area (Å²) in [5.41, 5.74) is 1.86. The molecule has 0 radical (unpaired) electrons. The first-order valence-electron chi connectivity index (χ1n) is 9.83. The number of nitrogens with zero attached hydrogens (tertiary/aromatic N) is 2. The Labute approximate surface area is 166 Å². The Morgan fingerprint density at radius 1 is 1.07 bits per heavy atom. The van der Waals surface area contributed by atoms with Crippen molar-refractivity contribution >= 4 is 0 Å². The Morgan fingerprint density at radius 2 is 1.82 bits per heavy atom. The summed E-state index contributed by atoms with van der Waals surface area (Å²) in [6.45, 7) is 8.27. The minimum atomic E-state index is -0.166. The van der Waals surface area contributed by atoms with E-state index in [4.69, 9.17) is 4.74 Å². The minimum Gasteiger partial charge on any atom is -0.489 e. The Hall–Kier alpha value is -2.21. The predicted octanol–water partition coefficient (Wildman–Crippen LogP) is 3.46. The molecule has 2 aromatic carbocycles. The molecule has 1 heterocycles. The highest BCUT2D eigenvalue weighted by atomic mass is 19.1. The summed E-state index contributed by atoms with van der Waals surface area (Å²) in [7, 11) is 0. The van der Waals surface area contributed by atoms with Crippen LogP contribution in [-0.2, 0) is 13.1 Å². The predicted molar refractivity (Wildman–Crippen MR) is 110 cm³/mol. The van der Waals surface area contributed by atoms with Gasteiger partial charge in [0.1, 0.15) is 18.2 Å². The summed E-state index contributed by atoms with van der Waals surface area (Å²) in [6, 6.07) is 15.2. The monoisotopic (exact) mass is 384 g/mol. The average molecular weight is 384 g/mol. The van der Waals surface area contributed by atoms with Gasteiger partial charge in [-0.25, -0.2) is 4.39 Å². The van der Waals surface area contributed by atoms with Crippen molar-refractivity contribution in [2.24, 2.45) is 0 Å². The smallest absolute Gasteiger partial charge is 0.127 e. The highest BCUT2D eigenvalue weighted by molar-refractivity contribution is 5.33. The molecule has 1 fully saturated rings. The van der Waals surface area contributed by atoms with Crippen molar-refractivity contribution in [3.05, 3.63) is 78.1 Å². The Kier molecular flexibility index (Phi) is 7.60. The molecule has 4 nitrogen and oxygen atoms in total. The molecule has 28 heavy (non-hydrogen) atoms.